The van der Waals surface area contributed by atoms with Gasteiger partial charge in [0.25, 0.3) is 11.4 Å². The lowest BCUT2D eigenvalue weighted by atomic mass is 10.2. The molecule has 0 saturated carbocycles. The second-order valence-electron chi connectivity index (χ2n) is 6.03. The van der Waals surface area contributed by atoms with E-state index in [4.69, 9.17) is 0 Å². The number of aryl methyl sites for hydroxylation is 2. The van der Waals surface area contributed by atoms with Crippen molar-refractivity contribution in [3.8, 4) is 0 Å². The molecule has 28 heavy (non-hydrogen) atoms. The first-order valence-corrected chi connectivity index (χ1v) is 8.20. The maximum absolute atomic E-state index is 11.1. The summed E-state index contributed by atoms with van der Waals surface area (Å²) in [6.07, 6.45) is 1.50. The van der Waals surface area contributed by atoms with Gasteiger partial charge in [-0.05, 0) is 32.0 Å². The minimum absolute atomic E-state index is 0.00405. The molecule has 0 fully saturated rings. The summed E-state index contributed by atoms with van der Waals surface area (Å²) in [7, 11) is 0. The van der Waals surface area contributed by atoms with Crippen LogP contribution in [-0.4, -0.2) is 19.8 Å². The molecule has 0 spiro atoms. The molecule has 10 heteroatoms. The Morgan fingerprint density at radius 1 is 0.821 bits per heavy atom. The molecule has 1 heterocycles. The lowest BCUT2D eigenvalue weighted by molar-refractivity contribution is -0.385. The van der Waals surface area contributed by atoms with E-state index in [-0.39, 0.29) is 17.3 Å². The zero-order chi connectivity index (χ0) is 20.3. The second-order valence-corrected chi connectivity index (χ2v) is 6.03. The van der Waals surface area contributed by atoms with E-state index in [1.807, 2.05) is 0 Å². The van der Waals surface area contributed by atoms with Gasteiger partial charge in [-0.25, -0.2) is 4.98 Å². The van der Waals surface area contributed by atoms with Crippen molar-refractivity contribution in [3.63, 3.8) is 0 Å². The molecule has 142 valence electrons. The Bertz CT molecular complexity index is 989. The number of aromatic nitrogens is 2. The summed E-state index contributed by atoms with van der Waals surface area (Å²) < 4.78 is 0. The molecule has 0 aliphatic rings. The van der Waals surface area contributed by atoms with Gasteiger partial charge in [0.05, 0.1) is 9.85 Å². The number of hydrogen-bond acceptors (Lipinski definition) is 8. The van der Waals surface area contributed by atoms with Gasteiger partial charge in [-0.2, -0.15) is 4.98 Å². The zero-order valence-corrected chi connectivity index (χ0v) is 15.0. The number of nitro groups is 2. The van der Waals surface area contributed by atoms with Crippen LogP contribution < -0.4 is 10.6 Å². The standard InChI is InChI=1S/C18H16N6O4/c1-11-3-5-13(9-15(11)23(25)26)20-17-7-8-19-18(22-17)21-14-6-4-12(2)16(10-14)24(27)28/h3-10H,1-2H3,(H2,19,20,21,22). The van der Waals surface area contributed by atoms with Gasteiger partial charge in [-0.15, -0.1) is 0 Å². The predicted molar refractivity (Wildman–Crippen MR) is 104 cm³/mol. The fourth-order valence-corrected chi connectivity index (χ4v) is 2.53. The molecule has 0 unspecified atom stereocenters. The summed E-state index contributed by atoms with van der Waals surface area (Å²) in [6.45, 7) is 3.32. The highest BCUT2D eigenvalue weighted by Crippen LogP contribution is 2.26. The van der Waals surface area contributed by atoms with E-state index in [9.17, 15) is 20.2 Å². The van der Waals surface area contributed by atoms with Gasteiger partial charge in [0.15, 0.2) is 0 Å². The van der Waals surface area contributed by atoms with Crippen molar-refractivity contribution in [2.45, 2.75) is 13.8 Å². The molecule has 0 radical (unpaired) electrons. The third-order valence-electron chi connectivity index (χ3n) is 4.00. The van der Waals surface area contributed by atoms with Crippen molar-refractivity contribution in [2.24, 2.45) is 0 Å². The molecular formula is C18H16N6O4. The predicted octanol–water partition coefficient (Wildman–Crippen LogP) is 4.40. The minimum Gasteiger partial charge on any atom is -0.340 e. The lowest BCUT2D eigenvalue weighted by Gasteiger charge is -2.09. The average molecular weight is 380 g/mol. The molecule has 1 aromatic heterocycles. The molecule has 3 aromatic rings. The molecular weight excluding hydrogens is 364 g/mol. The molecule has 3 rings (SSSR count). The monoisotopic (exact) mass is 380 g/mol. The number of anilines is 4. The Kier molecular flexibility index (Phi) is 5.12. The molecule has 0 amide bonds. The van der Waals surface area contributed by atoms with Gasteiger partial charge in [-0.3, -0.25) is 20.2 Å². The molecule has 2 aromatic carbocycles. The summed E-state index contributed by atoms with van der Waals surface area (Å²) in [4.78, 5) is 29.6. The van der Waals surface area contributed by atoms with Gasteiger partial charge in [-0.1, -0.05) is 12.1 Å². The first kappa shape index (κ1) is 18.7. The number of nitro benzene ring substituents is 2. The van der Waals surface area contributed by atoms with Gasteiger partial charge >= 0.3 is 0 Å². The zero-order valence-electron chi connectivity index (χ0n) is 15.0. The summed E-state index contributed by atoms with van der Waals surface area (Å²) in [5, 5.41) is 28.1. The van der Waals surface area contributed by atoms with E-state index in [0.717, 1.165) is 0 Å². The maximum Gasteiger partial charge on any atom is 0.274 e. The SMILES string of the molecule is Cc1ccc(Nc2ccnc(Nc3ccc(C)c([N+](=O)[O-])c3)n2)cc1[N+](=O)[O-]. The highest BCUT2D eigenvalue weighted by molar-refractivity contribution is 5.64. The van der Waals surface area contributed by atoms with Gasteiger partial charge in [0.1, 0.15) is 5.82 Å². The Morgan fingerprint density at radius 3 is 1.89 bits per heavy atom. The Hall–Kier alpha value is -4.08. The van der Waals surface area contributed by atoms with Crippen LogP contribution in [0.5, 0.6) is 0 Å². The molecule has 10 nitrogen and oxygen atoms in total. The molecule has 0 aliphatic carbocycles. The molecule has 0 aliphatic heterocycles. The minimum atomic E-state index is -0.455. The van der Waals surface area contributed by atoms with Crippen LogP contribution in [-0.2, 0) is 0 Å². The van der Waals surface area contributed by atoms with Crippen molar-refractivity contribution >= 4 is 34.5 Å². The topological polar surface area (TPSA) is 136 Å². The fourth-order valence-electron chi connectivity index (χ4n) is 2.53. The van der Waals surface area contributed by atoms with Crippen molar-refractivity contribution < 1.29 is 9.85 Å². The number of nitrogens with one attached hydrogen (secondary N) is 2. The van der Waals surface area contributed by atoms with Crippen molar-refractivity contribution in [2.75, 3.05) is 10.6 Å². The first-order valence-electron chi connectivity index (χ1n) is 8.20. The van der Waals surface area contributed by atoms with Gasteiger partial charge in [0, 0.05) is 40.8 Å². The van der Waals surface area contributed by atoms with Crippen LogP contribution in [0.15, 0.2) is 48.7 Å². The van der Waals surface area contributed by atoms with E-state index in [1.165, 1.54) is 18.3 Å². The Balaban J connectivity index is 1.82. The van der Waals surface area contributed by atoms with Crippen LogP contribution in [0.2, 0.25) is 0 Å². The smallest absolute Gasteiger partial charge is 0.274 e. The van der Waals surface area contributed by atoms with Crippen LogP contribution in [0.25, 0.3) is 0 Å². The summed E-state index contributed by atoms with van der Waals surface area (Å²) in [6, 6.07) is 11.1. The molecule has 2 N–H and O–H groups in total. The van der Waals surface area contributed by atoms with Gasteiger partial charge in [0.2, 0.25) is 5.95 Å². The third-order valence-corrected chi connectivity index (χ3v) is 4.00. The van der Waals surface area contributed by atoms with E-state index in [1.54, 1.807) is 44.2 Å². The Labute approximate surface area is 159 Å². The van der Waals surface area contributed by atoms with Crippen molar-refractivity contribution in [1.29, 1.82) is 0 Å². The van der Waals surface area contributed by atoms with Crippen LogP contribution in [0, 0.1) is 34.1 Å². The quantitative estimate of drug-likeness (QED) is 0.474. The molecule has 0 atom stereocenters. The summed E-state index contributed by atoms with van der Waals surface area (Å²) in [5.41, 5.74) is 2.08. The van der Waals surface area contributed by atoms with E-state index in [2.05, 4.69) is 20.6 Å². The number of rotatable bonds is 6. The van der Waals surface area contributed by atoms with Crippen molar-refractivity contribution in [3.05, 3.63) is 80.0 Å². The lowest BCUT2D eigenvalue weighted by Crippen LogP contribution is -2.02. The van der Waals surface area contributed by atoms with E-state index < -0.39 is 9.85 Å². The number of hydrogen-bond donors (Lipinski definition) is 2. The molecule has 0 saturated heterocycles. The third kappa shape index (κ3) is 4.18. The van der Waals surface area contributed by atoms with Crippen LogP contribution in [0.4, 0.5) is 34.5 Å². The van der Waals surface area contributed by atoms with E-state index >= 15 is 0 Å². The number of nitrogens with zero attached hydrogens (tertiary/aromatic N) is 4. The highest BCUT2D eigenvalue weighted by atomic mass is 16.6. The first-order chi connectivity index (χ1) is 13.3. The van der Waals surface area contributed by atoms with Crippen LogP contribution >= 0.6 is 0 Å². The average Bonchev–Trinajstić information content (AvgIpc) is 2.65. The molecule has 0 bridgehead atoms. The second kappa shape index (κ2) is 7.66. The highest BCUT2D eigenvalue weighted by Gasteiger charge is 2.13. The maximum atomic E-state index is 11.1. The van der Waals surface area contributed by atoms with Crippen LogP contribution in [0.3, 0.4) is 0 Å². The van der Waals surface area contributed by atoms with Crippen LogP contribution in [0.1, 0.15) is 11.1 Å². The summed E-state index contributed by atoms with van der Waals surface area (Å²) in [5.74, 6) is 0.641. The van der Waals surface area contributed by atoms with Gasteiger partial charge < -0.3 is 10.6 Å². The fraction of sp³-hybridized carbons (Fsp3) is 0.111. The number of benzene rings is 2. The Morgan fingerprint density at radius 2 is 1.36 bits per heavy atom. The normalized spacial score (nSPS) is 10.4. The van der Waals surface area contributed by atoms with E-state index in [0.29, 0.717) is 28.3 Å². The largest absolute Gasteiger partial charge is 0.340 e. The summed E-state index contributed by atoms with van der Waals surface area (Å²) >= 11 is 0. The van der Waals surface area contributed by atoms with Crippen molar-refractivity contribution in [1.82, 2.24) is 9.97 Å².